The lowest BCUT2D eigenvalue weighted by molar-refractivity contribution is -0.141. The van der Waals surface area contributed by atoms with Crippen LogP contribution in [0.25, 0.3) is 0 Å². The Hall–Kier alpha value is -2.67. The average Bonchev–Trinajstić information content (AvgIpc) is 3.85. The molecule has 11 atom stereocenters. The van der Waals surface area contributed by atoms with E-state index in [-0.39, 0.29) is 18.5 Å². The molecular weight excluding hydrogens is 556 g/mol. The van der Waals surface area contributed by atoms with E-state index in [1.807, 2.05) is 0 Å². The minimum atomic E-state index is -0.395. The van der Waals surface area contributed by atoms with Gasteiger partial charge in [-0.1, -0.05) is 26.0 Å². The molecule has 0 heterocycles. The molecule has 5 aliphatic rings. The number of esters is 3. The minimum Gasteiger partial charge on any atom is -0.462 e. The molecule has 2 bridgehead atoms. The van der Waals surface area contributed by atoms with E-state index in [2.05, 4.69) is 13.5 Å². The van der Waals surface area contributed by atoms with E-state index < -0.39 is 5.97 Å². The summed E-state index contributed by atoms with van der Waals surface area (Å²) in [6.45, 7) is 9.23. The summed E-state index contributed by atoms with van der Waals surface area (Å²) < 4.78 is 17.1. The lowest BCUT2D eigenvalue weighted by Crippen LogP contribution is -2.28. The number of carbonyl (C=O) groups excluding carboxylic acids is 3. The van der Waals surface area contributed by atoms with Gasteiger partial charge in [-0.15, -0.1) is 0 Å². The van der Waals surface area contributed by atoms with E-state index in [0.29, 0.717) is 102 Å². The first-order valence-electron chi connectivity index (χ1n) is 17.1. The van der Waals surface area contributed by atoms with Crippen molar-refractivity contribution in [3.05, 3.63) is 47.5 Å². The van der Waals surface area contributed by atoms with Crippen LogP contribution in [-0.4, -0.2) is 49.4 Å². The first-order chi connectivity index (χ1) is 21.2. The molecule has 7 heteroatoms. The fourth-order valence-electron chi connectivity index (χ4n) is 10.3. The summed E-state index contributed by atoms with van der Waals surface area (Å²) in [6.07, 6.45) is 10.1. The van der Waals surface area contributed by atoms with Crippen molar-refractivity contribution in [2.75, 3.05) is 26.4 Å². The number of benzene rings is 1. The first-order valence-corrected chi connectivity index (χ1v) is 17.1. The molecule has 0 saturated heterocycles. The van der Waals surface area contributed by atoms with Crippen LogP contribution < -0.4 is 0 Å². The average molecular weight is 607 g/mol. The second-order valence-electron chi connectivity index (χ2n) is 15.0. The van der Waals surface area contributed by atoms with Gasteiger partial charge in [0.1, 0.15) is 0 Å². The Labute approximate surface area is 262 Å². The predicted molar refractivity (Wildman–Crippen MR) is 165 cm³/mol. The quantitative estimate of drug-likeness (QED) is 0.175. The molecule has 1 aromatic carbocycles. The molecule has 44 heavy (non-hydrogen) atoms. The van der Waals surface area contributed by atoms with Gasteiger partial charge in [0.05, 0.1) is 30.9 Å². The van der Waals surface area contributed by atoms with Gasteiger partial charge in [0, 0.05) is 12.2 Å². The largest absolute Gasteiger partial charge is 0.462 e. The fourth-order valence-corrected chi connectivity index (χ4v) is 10.3. The van der Waals surface area contributed by atoms with Crippen LogP contribution in [-0.2, 0) is 19.0 Å². The Bertz CT molecular complexity index is 1240. The van der Waals surface area contributed by atoms with Gasteiger partial charge < -0.3 is 19.3 Å². The van der Waals surface area contributed by atoms with Crippen molar-refractivity contribution in [1.82, 2.24) is 0 Å². The number of hydrogen-bond acceptors (Lipinski definition) is 7. The molecule has 11 unspecified atom stereocenters. The number of carbonyl (C=O) groups is 3. The molecule has 0 radical (unpaired) electrons. The Kier molecular flexibility index (Phi) is 9.51. The minimum absolute atomic E-state index is 0.269. The van der Waals surface area contributed by atoms with E-state index in [4.69, 9.17) is 14.2 Å². The second-order valence-corrected chi connectivity index (χ2v) is 15.0. The molecule has 240 valence electrons. The highest BCUT2D eigenvalue weighted by Crippen LogP contribution is 2.62. The lowest BCUT2D eigenvalue weighted by Gasteiger charge is -2.31. The van der Waals surface area contributed by atoms with Crippen LogP contribution in [0.1, 0.15) is 92.4 Å². The van der Waals surface area contributed by atoms with Crippen LogP contribution in [0, 0.1) is 65.1 Å². The van der Waals surface area contributed by atoms with Crippen molar-refractivity contribution in [3.63, 3.8) is 0 Å². The van der Waals surface area contributed by atoms with Crippen molar-refractivity contribution < 1.29 is 33.7 Å². The molecule has 7 nitrogen and oxygen atoms in total. The summed E-state index contributed by atoms with van der Waals surface area (Å²) in [7, 11) is 0. The Morgan fingerprint density at radius 3 is 2.16 bits per heavy atom. The van der Waals surface area contributed by atoms with Gasteiger partial charge in [-0.25, -0.2) is 14.4 Å². The van der Waals surface area contributed by atoms with Gasteiger partial charge in [0.15, 0.2) is 0 Å². The van der Waals surface area contributed by atoms with E-state index in [1.165, 1.54) is 12.8 Å². The van der Waals surface area contributed by atoms with Gasteiger partial charge in [-0.2, -0.15) is 0 Å². The van der Waals surface area contributed by atoms with Crippen molar-refractivity contribution in [3.8, 4) is 0 Å². The second kappa shape index (κ2) is 13.4. The highest BCUT2D eigenvalue weighted by atomic mass is 16.5. The van der Waals surface area contributed by atoms with Gasteiger partial charge in [0.25, 0.3) is 0 Å². The Morgan fingerprint density at radius 2 is 1.45 bits per heavy atom. The molecular formula is C37H50O7. The fraction of sp³-hybridized carbons (Fsp3) is 0.703. The van der Waals surface area contributed by atoms with E-state index >= 15 is 0 Å². The number of hydrogen-bond donors (Lipinski definition) is 1. The summed E-state index contributed by atoms with van der Waals surface area (Å²) >= 11 is 0. The van der Waals surface area contributed by atoms with E-state index in [9.17, 15) is 19.5 Å². The summed E-state index contributed by atoms with van der Waals surface area (Å²) in [5.74, 6) is 4.78. The van der Waals surface area contributed by atoms with Crippen molar-refractivity contribution in [2.45, 2.75) is 71.6 Å². The number of rotatable bonds is 11. The molecule has 5 fully saturated rings. The molecule has 6 rings (SSSR count). The molecule has 1 aromatic rings. The first kappa shape index (κ1) is 31.3. The lowest BCUT2D eigenvalue weighted by atomic mass is 9.76. The van der Waals surface area contributed by atoms with Crippen molar-refractivity contribution >= 4 is 17.9 Å². The number of ether oxygens (including phenoxy) is 3. The molecule has 5 saturated carbocycles. The molecule has 0 amide bonds. The Morgan fingerprint density at radius 1 is 0.773 bits per heavy atom. The van der Waals surface area contributed by atoms with Crippen LogP contribution in [0.15, 0.2) is 36.4 Å². The zero-order valence-corrected chi connectivity index (χ0v) is 26.5. The molecule has 0 aliphatic heterocycles. The summed E-state index contributed by atoms with van der Waals surface area (Å²) in [5, 5.41) is 9.65. The zero-order chi connectivity index (χ0) is 31.0. The molecule has 5 aliphatic carbocycles. The summed E-state index contributed by atoms with van der Waals surface area (Å²) in [5.41, 5.74) is 1.21. The smallest absolute Gasteiger partial charge is 0.338 e. The maximum atomic E-state index is 13.0. The van der Waals surface area contributed by atoms with E-state index in [0.717, 1.165) is 44.9 Å². The highest BCUT2D eigenvalue weighted by molar-refractivity contribution is 5.95. The Balaban J connectivity index is 0.965. The van der Waals surface area contributed by atoms with Crippen LogP contribution >= 0.6 is 0 Å². The third-order valence-electron chi connectivity index (χ3n) is 12.3. The molecule has 0 spiro atoms. The highest BCUT2D eigenvalue weighted by Gasteiger charge is 2.56. The van der Waals surface area contributed by atoms with Crippen LogP contribution in [0.5, 0.6) is 0 Å². The molecule has 0 aromatic heterocycles. The normalized spacial score (nSPS) is 37.1. The zero-order valence-electron chi connectivity index (χ0n) is 26.5. The monoisotopic (exact) mass is 606 g/mol. The van der Waals surface area contributed by atoms with Gasteiger partial charge in [-0.05, 0) is 142 Å². The predicted octanol–water partition coefficient (Wildman–Crippen LogP) is 6.49. The van der Waals surface area contributed by atoms with Gasteiger partial charge in [-0.3, -0.25) is 0 Å². The van der Waals surface area contributed by atoms with Crippen molar-refractivity contribution in [1.29, 1.82) is 0 Å². The summed E-state index contributed by atoms with van der Waals surface area (Å²) in [6, 6.07) is 6.72. The van der Waals surface area contributed by atoms with Gasteiger partial charge >= 0.3 is 17.9 Å². The third-order valence-corrected chi connectivity index (χ3v) is 12.3. The molecule has 1 N–H and O–H groups in total. The topological polar surface area (TPSA) is 99.1 Å². The van der Waals surface area contributed by atoms with Crippen LogP contribution in [0.3, 0.4) is 0 Å². The third kappa shape index (κ3) is 6.49. The van der Waals surface area contributed by atoms with Gasteiger partial charge in [0.2, 0.25) is 0 Å². The van der Waals surface area contributed by atoms with Crippen LogP contribution in [0.4, 0.5) is 0 Å². The summed E-state index contributed by atoms with van der Waals surface area (Å²) in [4.78, 5) is 37.9. The van der Waals surface area contributed by atoms with Crippen molar-refractivity contribution in [2.24, 2.45) is 65.1 Å². The number of aliphatic hydroxyl groups is 1. The maximum absolute atomic E-state index is 13.0. The maximum Gasteiger partial charge on any atom is 0.338 e. The SMILES string of the molecule is C=C(C)C(=O)OCC1CC2CC1C1CC(COC(=O)c3cccc(C(=O)OCC4CCCC4C4CC(CO)CC4C)c3)CC21. The van der Waals surface area contributed by atoms with Crippen LogP contribution in [0.2, 0.25) is 0 Å². The number of aliphatic hydroxyl groups excluding tert-OH is 1. The van der Waals surface area contributed by atoms with E-state index in [1.54, 1.807) is 31.2 Å². The standard InChI is InChI=1S/C37H50O7/c1-21(2)35(39)43-20-29-15-28-16-33(29)34-13-24(12-32(28)34)18-42-36(40)25-6-4-7-26(14-25)37(41)44-19-27-8-5-9-30(27)31-11-23(17-38)10-22(31)3/h4,6-7,14,22-24,27-34,38H,1,5,8-13,15-20H2,2-3H3. The number of fused-ring (bicyclic) bond motifs is 5.